The summed E-state index contributed by atoms with van der Waals surface area (Å²) in [4.78, 5) is 0. The van der Waals surface area contributed by atoms with Gasteiger partial charge in [-0.2, -0.15) is 0 Å². The number of hydrogen-bond acceptors (Lipinski definition) is 2. The van der Waals surface area contributed by atoms with Crippen molar-refractivity contribution in [2.24, 2.45) is 0 Å². The molecule has 0 aromatic heterocycles. The maximum Gasteiger partial charge on any atom is 0.0927 e. The molecule has 0 aliphatic rings. The Kier molecular flexibility index (Phi) is 4.77. The van der Waals surface area contributed by atoms with Gasteiger partial charge >= 0.3 is 0 Å². The lowest BCUT2D eigenvalue weighted by atomic mass is 10.2. The average Bonchev–Trinajstić information content (AvgIpc) is 2.25. The fourth-order valence-electron chi connectivity index (χ4n) is 1.06. The van der Waals surface area contributed by atoms with Crippen LogP contribution < -0.4 is 5.32 Å². The van der Waals surface area contributed by atoms with Gasteiger partial charge in [-0.15, -0.1) is 0 Å². The zero-order chi connectivity index (χ0) is 10.2. The SMILES string of the molecule is CNC(C#Cc1ccccc1)COC. The van der Waals surface area contributed by atoms with Crippen molar-refractivity contribution in [3.63, 3.8) is 0 Å². The molecule has 14 heavy (non-hydrogen) atoms. The van der Waals surface area contributed by atoms with E-state index in [1.807, 2.05) is 37.4 Å². The van der Waals surface area contributed by atoms with E-state index in [-0.39, 0.29) is 6.04 Å². The highest BCUT2D eigenvalue weighted by molar-refractivity contribution is 5.34. The Labute approximate surface area is 85.3 Å². The molecule has 1 aromatic carbocycles. The van der Waals surface area contributed by atoms with Crippen LogP contribution in [0, 0.1) is 11.8 Å². The first-order valence-corrected chi connectivity index (χ1v) is 4.59. The van der Waals surface area contributed by atoms with Gasteiger partial charge in [0.25, 0.3) is 0 Å². The molecule has 0 amide bonds. The van der Waals surface area contributed by atoms with E-state index in [0.717, 1.165) is 5.56 Å². The Morgan fingerprint density at radius 3 is 2.64 bits per heavy atom. The van der Waals surface area contributed by atoms with E-state index < -0.39 is 0 Å². The predicted octanol–water partition coefficient (Wildman–Crippen LogP) is 1.27. The molecule has 0 saturated heterocycles. The maximum atomic E-state index is 5.02. The molecular weight excluding hydrogens is 174 g/mol. The molecule has 0 radical (unpaired) electrons. The second-order valence-corrected chi connectivity index (χ2v) is 2.93. The zero-order valence-corrected chi connectivity index (χ0v) is 8.58. The van der Waals surface area contributed by atoms with Crippen molar-refractivity contribution in [2.45, 2.75) is 6.04 Å². The van der Waals surface area contributed by atoms with Crippen LogP contribution in [0.15, 0.2) is 30.3 Å². The van der Waals surface area contributed by atoms with Gasteiger partial charge in [-0.05, 0) is 19.2 Å². The normalized spacial score (nSPS) is 11.6. The smallest absolute Gasteiger partial charge is 0.0927 e. The van der Waals surface area contributed by atoms with Crippen LogP contribution >= 0.6 is 0 Å². The van der Waals surface area contributed by atoms with E-state index in [4.69, 9.17) is 4.74 Å². The van der Waals surface area contributed by atoms with E-state index in [1.165, 1.54) is 0 Å². The molecule has 0 bridgehead atoms. The second kappa shape index (κ2) is 6.20. The van der Waals surface area contributed by atoms with Crippen molar-refractivity contribution < 1.29 is 4.74 Å². The highest BCUT2D eigenvalue weighted by Gasteiger charge is 1.98. The molecule has 1 aromatic rings. The molecule has 2 nitrogen and oxygen atoms in total. The van der Waals surface area contributed by atoms with Gasteiger partial charge in [-0.3, -0.25) is 0 Å². The van der Waals surface area contributed by atoms with Gasteiger partial charge in [0.15, 0.2) is 0 Å². The predicted molar refractivity (Wildman–Crippen MR) is 58.0 cm³/mol. The Hall–Kier alpha value is -1.30. The molecule has 1 atom stereocenters. The van der Waals surface area contributed by atoms with Crippen LogP contribution in [-0.2, 0) is 4.74 Å². The molecule has 0 aliphatic carbocycles. The number of benzene rings is 1. The highest BCUT2D eigenvalue weighted by Crippen LogP contribution is 1.95. The van der Waals surface area contributed by atoms with Crippen molar-refractivity contribution in [3.8, 4) is 11.8 Å². The average molecular weight is 189 g/mol. The first-order chi connectivity index (χ1) is 6.86. The lowest BCUT2D eigenvalue weighted by molar-refractivity contribution is 0.186. The van der Waals surface area contributed by atoms with Gasteiger partial charge in [0.1, 0.15) is 0 Å². The first-order valence-electron chi connectivity index (χ1n) is 4.59. The topological polar surface area (TPSA) is 21.3 Å². The van der Waals surface area contributed by atoms with E-state index >= 15 is 0 Å². The summed E-state index contributed by atoms with van der Waals surface area (Å²) >= 11 is 0. The molecule has 0 heterocycles. The van der Waals surface area contributed by atoms with Crippen LogP contribution in [0.5, 0.6) is 0 Å². The van der Waals surface area contributed by atoms with Crippen molar-refractivity contribution in [2.75, 3.05) is 20.8 Å². The van der Waals surface area contributed by atoms with E-state index in [0.29, 0.717) is 6.61 Å². The van der Waals surface area contributed by atoms with Gasteiger partial charge in [0, 0.05) is 12.7 Å². The lowest BCUT2D eigenvalue weighted by Gasteiger charge is -2.06. The summed E-state index contributed by atoms with van der Waals surface area (Å²) in [5.74, 6) is 6.19. The summed E-state index contributed by atoms with van der Waals surface area (Å²) in [5.41, 5.74) is 1.03. The number of methoxy groups -OCH3 is 1. The molecule has 0 spiro atoms. The van der Waals surface area contributed by atoms with Crippen molar-refractivity contribution in [3.05, 3.63) is 35.9 Å². The second-order valence-electron chi connectivity index (χ2n) is 2.93. The quantitative estimate of drug-likeness (QED) is 0.723. The molecule has 0 fully saturated rings. The number of nitrogens with one attached hydrogen (secondary N) is 1. The van der Waals surface area contributed by atoms with Crippen molar-refractivity contribution in [1.82, 2.24) is 5.32 Å². The number of ether oxygens (including phenoxy) is 1. The molecule has 0 aliphatic heterocycles. The Morgan fingerprint density at radius 1 is 1.36 bits per heavy atom. The fraction of sp³-hybridized carbons (Fsp3) is 0.333. The van der Waals surface area contributed by atoms with Crippen LogP contribution in [0.25, 0.3) is 0 Å². The molecule has 2 heteroatoms. The maximum absolute atomic E-state index is 5.02. The third kappa shape index (κ3) is 3.61. The minimum Gasteiger partial charge on any atom is -0.382 e. The lowest BCUT2D eigenvalue weighted by Crippen LogP contribution is -2.28. The molecule has 0 saturated carbocycles. The van der Waals surface area contributed by atoms with Crippen LogP contribution in [0.3, 0.4) is 0 Å². The van der Waals surface area contributed by atoms with Crippen LogP contribution in [0.2, 0.25) is 0 Å². The first kappa shape index (κ1) is 10.8. The fourth-order valence-corrected chi connectivity index (χ4v) is 1.06. The van der Waals surface area contributed by atoms with Crippen molar-refractivity contribution in [1.29, 1.82) is 0 Å². The summed E-state index contributed by atoms with van der Waals surface area (Å²) in [6.07, 6.45) is 0. The summed E-state index contributed by atoms with van der Waals surface area (Å²) in [6.45, 7) is 0.607. The molecule has 1 unspecified atom stereocenters. The van der Waals surface area contributed by atoms with Gasteiger partial charge in [0.2, 0.25) is 0 Å². The molecule has 1 N–H and O–H groups in total. The molecule has 74 valence electrons. The minimum absolute atomic E-state index is 0.0974. The summed E-state index contributed by atoms with van der Waals surface area (Å²) in [6, 6.07) is 10.0. The molecular formula is C12H15NO. The standard InChI is InChI=1S/C12H15NO/c1-13-12(10-14-2)9-8-11-6-4-3-5-7-11/h3-7,12-13H,10H2,1-2H3. The number of likely N-dealkylation sites (N-methyl/N-ethyl adjacent to an activating group) is 1. The van der Waals surface area contributed by atoms with Gasteiger partial charge < -0.3 is 10.1 Å². The zero-order valence-electron chi connectivity index (χ0n) is 8.58. The third-order valence-corrected chi connectivity index (χ3v) is 1.85. The van der Waals surface area contributed by atoms with Crippen LogP contribution in [0.1, 0.15) is 5.56 Å². The van der Waals surface area contributed by atoms with Gasteiger partial charge in [-0.1, -0.05) is 30.0 Å². The van der Waals surface area contributed by atoms with Crippen LogP contribution in [-0.4, -0.2) is 26.8 Å². The third-order valence-electron chi connectivity index (χ3n) is 1.85. The number of rotatable bonds is 3. The van der Waals surface area contributed by atoms with E-state index in [1.54, 1.807) is 7.11 Å². The van der Waals surface area contributed by atoms with Gasteiger partial charge in [0.05, 0.1) is 12.6 Å². The Morgan fingerprint density at radius 2 is 2.07 bits per heavy atom. The largest absolute Gasteiger partial charge is 0.382 e. The number of hydrogen-bond donors (Lipinski definition) is 1. The van der Waals surface area contributed by atoms with Crippen LogP contribution in [0.4, 0.5) is 0 Å². The Bertz CT molecular complexity index is 310. The minimum atomic E-state index is 0.0974. The summed E-state index contributed by atoms with van der Waals surface area (Å²) < 4.78 is 5.02. The van der Waals surface area contributed by atoms with E-state index in [9.17, 15) is 0 Å². The summed E-state index contributed by atoms with van der Waals surface area (Å²) in [7, 11) is 3.55. The monoisotopic (exact) mass is 189 g/mol. The Balaban J connectivity index is 2.61. The molecule has 1 rings (SSSR count). The summed E-state index contributed by atoms with van der Waals surface area (Å²) in [5, 5.41) is 3.07. The van der Waals surface area contributed by atoms with Gasteiger partial charge in [-0.25, -0.2) is 0 Å². The van der Waals surface area contributed by atoms with E-state index in [2.05, 4.69) is 17.2 Å². The highest BCUT2D eigenvalue weighted by atomic mass is 16.5. The van der Waals surface area contributed by atoms with Crippen molar-refractivity contribution >= 4 is 0 Å².